The van der Waals surface area contributed by atoms with Crippen LogP contribution in [0, 0.1) is 0 Å². The lowest BCUT2D eigenvalue weighted by atomic mass is 10.2. The summed E-state index contributed by atoms with van der Waals surface area (Å²) < 4.78 is 10.6. The van der Waals surface area contributed by atoms with Crippen LogP contribution >= 0.6 is 0 Å². The number of rotatable bonds is 5. The van der Waals surface area contributed by atoms with Gasteiger partial charge in [0.2, 0.25) is 0 Å². The predicted molar refractivity (Wildman–Crippen MR) is 95.1 cm³/mol. The van der Waals surface area contributed by atoms with Crippen LogP contribution in [-0.2, 0) is 22.7 Å². The Morgan fingerprint density at radius 3 is 3.00 bits per heavy atom. The molecule has 0 saturated heterocycles. The summed E-state index contributed by atoms with van der Waals surface area (Å²) in [5.74, 6) is 0.471. The fourth-order valence-corrected chi connectivity index (χ4v) is 2.66. The van der Waals surface area contributed by atoms with Gasteiger partial charge in [-0.3, -0.25) is 9.89 Å². The van der Waals surface area contributed by atoms with E-state index in [1.807, 2.05) is 6.07 Å². The maximum Gasteiger partial charge on any atom is 0.319 e. The number of nitrogens with one attached hydrogen (secondary N) is 3. The zero-order valence-electron chi connectivity index (χ0n) is 14.8. The number of hydrogen-bond donors (Lipinski definition) is 3. The smallest absolute Gasteiger partial charge is 0.319 e. The molecule has 9 nitrogen and oxygen atoms in total. The van der Waals surface area contributed by atoms with Gasteiger partial charge in [0.1, 0.15) is 5.75 Å². The monoisotopic (exact) mass is 359 g/mol. The molecule has 0 fully saturated rings. The molecule has 3 rings (SSSR count). The predicted octanol–water partition coefficient (Wildman–Crippen LogP) is 1.62. The number of nitrogens with zero attached hydrogens (tertiary/aromatic N) is 2. The third-order valence-corrected chi connectivity index (χ3v) is 3.98. The molecule has 1 aliphatic heterocycles. The molecule has 3 amide bonds. The number of amides is 3. The zero-order chi connectivity index (χ0) is 18.7. The maximum absolute atomic E-state index is 12.1. The number of aromatic nitrogens is 2. The molecule has 0 unspecified atom stereocenters. The summed E-state index contributed by atoms with van der Waals surface area (Å²) in [5, 5.41) is 12.4. The van der Waals surface area contributed by atoms with E-state index >= 15 is 0 Å². The Kier molecular flexibility index (Phi) is 5.08. The highest BCUT2D eigenvalue weighted by molar-refractivity contribution is 6.00. The topological polar surface area (TPSA) is 109 Å². The third kappa shape index (κ3) is 3.77. The van der Waals surface area contributed by atoms with E-state index in [4.69, 9.17) is 9.47 Å². The Hall–Kier alpha value is -3.07. The molecular weight excluding hydrogens is 338 g/mol. The summed E-state index contributed by atoms with van der Waals surface area (Å²) in [6, 6.07) is 6.61. The van der Waals surface area contributed by atoms with Crippen LogP contribution < -0.4 is 20.3 Å². The van der Waals surface area contributed by atoms with E-state index in [0.29, 0.717) is 30.3 Å². The first kappa shape index (κ1) is 17.7. The normalized spacial score (nSPS) is 16.0. The molecule has 138 valence electrons. The Morgan fingerprint density at radius 2 is 2.23 bits per heavy atom. The van der Waals surface area contributed by atoms with Crippen LogP contribution in [0.25, 0.3) is 0 Å². The van der Waals surface area contributed by atoms with Crippen molar-refractivity contribution in [3.05, 3.63) is 35.7 Å². The fourth-order valence-electron chi connectivity index (χ4n) is 2.66. The first-order chi connectivity index (χ1) is 12.5. The van der Waals surface area contributed by atoms with Crippen molar-refractivity contribution in [2.45, 2.75) is 26.2 Å². The van der Waals surface area contributed by atoms with E-state index in [2.05, 4.69) is 20.8 Å². The molecule has 0 spiro atoms. The number of likely N-dealkylation sites (N-methyl/N-ethyl adjacent to an activating group) is 1. The summed E-state index contributed by atoms with van der Waals surface area (Å²) >= 11 is 0. The first-order valence-electron chi connectivity index (χ1n) is 8.13. The van der Waals surface area contributed by atoms with Gasteiger partial charge in [-0.25, -0.2) is 4.79 Å². The van der Waals surface area contributed by atoms with Crippen LogP contribution in [0.2, 0.25) is 0 Å². The summed E-state index contributed by atoms with van der Waals surface area (Å²) in [4.78, 5) is 25.6. The van der Waals surface area contributed by atoms with Gasteiger partial charge < -0.3 is 25.0 Å². The van der Waals surface area contributed by atoms with E-state index in [1.165, 1.54) is 4.90 Å². The van der Waals surface area contributed by atoms with Crippen LogP contribution in [0.4, 0.5) is 16.2 Å². The molecular formula is C17H21N5O4. The number of hydrogen-bond acceptors (Lipinski definition) is 5. The number of H-pyrrole nitrogens is 1. The van der Waals surface area contributed by atoms with Gasteiger partial charge in [0, 0.05) is 19.8 Å². The highest BCUT2D eigenvalue weighted by Gasteiger charge is 2.29. The van der Waals surface area contributed by atoms with Crippen LogP contribution in [-0.4, -0.2) is 42.4 Å². The Bertz CT molecular complexity index is 819. The number of carbonyl (C=O) groups excluding carboxylic acids is 2. The second kappa shape index (κ2) is 7.44. The molecule has 2 heterocycles. The van der Waals surface area contributed by atoms with Crippen molar-refractivity contribution in [3.8, 4) is 5.75 Å². The summed E-state index contributed by atoms with van der Waals surface area (Å²) in [6.45, 7) is 2.41. The van der Waals surface area contributed by atoms with Gasteiger partial charge in [-0.1, -0.05) is 0 Å². The van der Waals surface area contributed by atoms with Gasteiger partial charge in [0.05, 0.1) is 30.2 Å². The largest absolute Gasteiger partial charge is 0.479 e. The lowest BCUT2D eigenvalue weighted by Gasteiger charge is -2.30. The molecule has 1 aliphatic rings. The number of benzene rings is 1. The Balaban J connectivity index is 1.60. The number of methoxy groups -OCH3 is 1. The van der Waals surface area contributed by atoms with Crippen molar-refractivity contribution in [2.75, 3.05) is 24.4 Å². The number of carbonyl (C=O) groups is 2. The van der Waals surface area contributed by atoms with Gasteiger partial charge in [-0.15, -0.1) is 0 Å². The first-order valence-corrected chi connectivity index (χ1v) is 8.13. The highest BCUT2D eigenvalue weighted by atomic mass is 16.5. The fraction of sp³-hybridized carbons (Fsp3) is 0.353. The van der Waals surface area contributed by atoms with Gasteiger partial charge in [0.15, 0.2) is 6.10 Å². The number of aromatic amines is 1. The van der Waals surface area contributed by atoms with Crippen molar-refractivity contribution in [1.29, 1.82) is 0 Å². The molecule has 1 aromatic heterocycles. The average molecular weight is 359 g/mol. The van der Waals surface area contributed by atoms with E-state index in [1.54, 1.807) is 39.3 Å². The second-order valence-corrected chi connectivity index (χ2v) is 5.97. The molecule has 1 aromatic carbocycles. The molecule has 0 bridgehead atoms. The molecule has 1 atom stereocenters. The van der Waals surface area contributed by atoms with Gasteiger partial charge in [-0.2, -0.15) is 5.10 Å². The quantitative estimate of drug-likeness (QED) is 0.752. The van der Waals surface area contributed by atoms with Gasteiger partial charge >= 0.3 is 6.03 Å². The van der Waals surface area contributed by atoms with Crippen molar-refractivity contribution in [1.82, 2.24) is 15.5 Å². The molecule has 0 saturated carbocycles. The van der Waals surface area contributed by atoms with Crippen LogP contribution in [0.1, 0.15) is 18.3 Å². The number of fused-ring (bicyclic) bond motifs is 1. The zero-order valence-corrected chi connectivity index (χ0v) is 14.8. The van der Waals surface area contributed by atoms with Crippen molar-refractivity contribution in [3.63, 3.8) is 0 Å². The maximum atomic E-state index is 12.1. The van der Waals surface area contributed by atoms with Crippen LogP contribution in [0.15, 0.2) is 24.3 Å². The Morgan fingerprint density at radius 1 is 1.42 bits per heavy atom. The van der Waals surface area contributed by atoms with E-state index < -0.39 is 6.10 Å². The minimum absolute atomic E-state index is 0.134. The molecule has 3 N–H and O–H groups in total. The molecule has 2 aromatic rings. The Labute approximate surface area is 150 Å². The van der Waals surface area contributed by atoms with Crippen molar-refractivity contribution >= 4 is 23.3 Å². The molecule has 0 radical (unpaired) electrons. The van der Waals surface area contributed by atoms with Crippen LogP contribution in [0.5, 0.6) is 5.75 Å². The highest BCUT2D eigenvalue weighted by Crippen LogP contribution is 2.35. The van der Waals surface area contributed by atoms with Gasteiger partial charge in [-0.05, 0) is 31.2 Å². The SMILES string of the molecule is COCc1cc(CNC(=O)Nc2ccc3c(c2)N(C)C(=O)[C@@H](C)O3)[nH]n1. The van der Waals surface area contributed by atoms with Crippen LogP contribution in [0.3, 0.4) is 0 Å². The minimum Gasteiger partial charge on any atom is -0.479 e. The summed E-state index contributed by atoms with van der Waals surface area (Å²) in [5.41, 5.74) is 2.71. The lowest BCUT2D eigenvalue weighted by Crippen LogP contribution is -2.42. The standard InChI is InChI=1S/C17H21N5O4/c1-10-16(23)22(2)14-7-11(4-5-15(14)26-10)19-17(24)18-8-12-6-13(9-25-3)21-20-12/h4-7,10H,8-9H2,1-3H3,(H,20,21)(H2,18,19,24)/t10-/m1/s1. The summed E-state index contributed by atoms with van der Waals surface area (Å²) in [7, 11) is 3.27. The van der Waals surface area contributed by atoms with Gasteiger partial charge in [0.25, 0.3) is 5.91 Å². The summed E-state index contributed by atoms with van der Waals surface area (Å²) in [6.07, 6.45) is -0.521. The molecule has 0 aliphatic carbocycles. The van der Waals surface area contributed by atoms with E-state index in [-0.39, 0.29) is 11.9 Å². The third-order valence-electron chi connectivity index (χ3n) is 3.98. The van der Waals surface area contributed by atoms with Crippen molar-refractivity contribution in [2.24, 2.45) is 0 Å². The minimum atomic E-state index is -0.521. The average Bonchev–Trinajstić information content (AvgIpc) is 3.07. The van der Waals surface area contributed by atoms with Crippen molar-refractivity contribution < 1.29 is 19.1 Å². The number of ether oxygens (including phenoxy) is 2. The van der Waals surface area contributed by atoms with E-state index in [9.17, 15) is 9.59 Å². The lowest BCUT2D eigenvalue weighted by molar-refractivity contribution is -0.125. The number of urea groups is 1. The molecule has 26 heavy (non-hydrogen) atoms. The second-order valence-electron chi connectivity index (χ2n) is 5.97. The van der Waals surface area contributed by atoms with E-state index in [0.717, 1.165) is 11.4 Å². The molecule has 9 heteroatoms. The number of anilines is 2.